The topological polar surface area (TPSA) is 99.4 Å². The number of hydrogen-bond donors (Lipinski definition) is 1. The average Bonchev–Trinajstić information content (AvgIpc) is 3.11. The van der Waals surface area contributed by atoms with E-state index in [-0.39, 0.29) is 30.4 Å². The molecule has 0 saturated heterocycles. The van der Waals surface area contributed by atoms with E-state index < -0.39 is 0 Å². The lowest BCUT2D eigenvalue weighted by atomic mass is 9.92. The van der Waals surface area contributed by atoms with Crippen LogP contribution in [0.3, 0.4) is 0 Å². The molecular weight excluding hydrogens is 336 g/mol. The van der Waals surface area contributed by atoms with Gasteiger partial charge in [0.05, 0.1) is 19.6 Å². The van der Waals surface area contributed by atoms with Crippen molar-refractivity contribution in [1.29, 1.82) is 0 Å². The second-order valence-corrected chi connectivity index (χ2v) is 5.86. The van der Waals surface area contributed by atoms with E-state index in [0.717, 1.165) is 11.1 Å². The summed E-state index contributed by atoms with van der Waals surface area (Å²) < 4.78 is 16.3. The van der Waals surface area contributed by atoms with E-state index in [1.165, 1.54) is 0 Å². The highest BCUT2D eigenvalue weighted by Gasteiger charge is 2.24. The maximum atomic E-state index is 12.4. The number of rotatable bonds is 6. The SMILES string of the molecule is COC1=CC(C)C(OC)C=C1CC(=O)Nc1nnc(-c2ccncc2)o1. The molecule has 0 aromatic carbocycles. The van der Waals surface area contributed by atoms with Gasteiger partial charge in [0.1, 0.15) is 5.76 Å². The van der Waals surface area contributed by atoms with Gasteiger partial charge in [0, 0.05) is 36.6 Å². The van der Waals surface area contributed by atoms with Crippen LogP contribution in [0.2, 0.25) is 0 Å². The Labute approximate surface area is 150 Å². The molecule has 3 rings (SSSR count). The van der Waals surface area contributed by atoms with Crippen LogP contribution in [0.5, 0.6) is 0 Å². The first-order valence-corrected chi connectivity index (χ1v) is 8.14. The third-order valence-electron chi connectivity index (χ3n) is 4.06. The first kappa shape index (κ1) is 17.8. The van der Waals surface area contributed by atoms with Gasteiger partial charge in [0.15, 0.2) is 0 Å². The zero-order valence-electron chi connectivity index (χ0n) is 14.8. The maximum absolute atomic E-state index is 12.4. The molecule has 0 aliphatic heterocycles. The maximum Gasteiger partial charge on any atom is 0.322 e. The molecule has 136 valence electrons. The van der Waals surface area contributed by atoms with E-state index in [9.17, 15) is 4.79 Å². The number of ether oxygens (including phenoxy) is 2. The summed E-state index contributed by atoms with van der Waals surface area (Å²) in [5, 5.41) is 10.4. The molecule has 0 bridgehead atoms. The van der Waals surface area contributed by atoms with Crippen molar-refractivity contribution in [3.8, 4) is 11.5 Å². The number of nitrogens with one attached hydrogen (secondary N) is 1. The second kappa shape index (κ2) is 7.92. The Morgan fingerprint density at radius 1 is 1.23 bits per heavy atom. The van der Waals surface area contributed by atoms with Crippen LogP contribution in [0.25, 0.3) is 11.5 Å². The number of anilines is 1. The molecule has 2 atom stereocenters. The summed E-state index contributed by atoms with van der Waals surface area (Å²) in [7, 11) is 3.22. The molecule has 26 heavy (non-hydrogen) atoms. The fourth-order valence-electron chi connectivity index (χ4n) is 2.72. The Morgan fingerprint density at radius 2 is 2.00 bits per heavy atom. The first-order chi connectivity index (χ1) is 12.6. The lowest BCUT2D eigenvalue weighted by molar-refractivity contribution is -0.115. The van der Waals surface area contributed by atoms with E-state index >= 15 is 0 Å². The van der Waals surface area contributed by atoms with E-state index in [2.05, 4.69) is 20.5 Å². The van der Waals surface area contributed by atoms with Crippen LogP contribution in [-0.2, 0) is 14.3 Å². The number of aromatic nitrogens is 3. The fourth-order valence-corrected chi connectivity index (χ4v) is 2.72. The molecule has 0 spiro atoms. The number of carbonyl (C=O) groups excluding carboxylic acids is 1. The Kier molecular flexibility index (Phi) is 5.43. The zero-order chi connectivity index (χ0) is 18.5. The molecule has 0 radical (unpaired) electrons. The third-order valence-corrected chi connectivity index (χ3v) is 4.06. The molecule has 0 fully saturated rings. The van der Waals surface area contributed by atoms with Gasteiger partial charge in [-0.05, 0) is 24.3 Å². The summed E-state index contributed by atoms with van der Waals surface area (Å²) in [6.45, 7) is 2.03. The Balaban J connectivity index is 1.67. The molecule has 2 unspecified atom stereocenters. The predicted molar refractivity (Wildman–Crippen MR) is 93.9 cm³/mol. The van der Waals surface area contributed by atoms with Crippen LogP contribution in [0.4, 0.5) is 6.01 Å². The number of pyridine rings is 1. The summed E-state index contributed by atoms with van der Waals surface area (Å²) >= 11 is 0. The third kappa shape index (κ3) is 3.97. The summed E-state index contributed by atoms with van der Waals surface area (Å²) in [5.74, 6) is 0.864. The van der Waals surface area contributed by atoms with E-state index in [4.69, 9.17) is 13.9 Å². The molecule has 1 aliphatic rings. The first-order valence-electron chi connectivity index (χ1n) is 8.14. The minimum atomic E-state index is -0.284. The highest BCUT2D eigenvalue weighted by molar-refractivity contribution is 5.91. The van der Waals surface area contributed by atoms with Gasteiger partial charge in [-0.25, -0.2) is 0 Å². The van der Waals surface area contributed by atoms with Crippen molar-refractivity contribution in [2.45, 2.75) is 19.4 Å². The second-order valence-electron chi connectivity index (χ2n) is 5.86. The molecule has 0 saturated carbocycles. The summed E-state index contributed by atoms with van der Waals surface area (Å²) in [5.41, 5.74) is 1.48. The van der Waals surface area contributed by atoms with Crippen molar-refractivity contribution in [1.82, 2.24) is 15.2 Å². The number of methoxy groups -OCH3 is 2. The van der Waals surface area contributed by atoms with Crippen LogP contribution in [0.15, 0.2) is 52.4 Å². The van der Waals surface area contributed by atoms with Crippen LogP contribution >= 0.6 is 0 Å². The van der Waals surface area contributed by atoms with Gasteiger partial charge in [-0.15, -0.1) is 5.10 Å². The monoisotopic (exact) mass is 356 g/mol. The van der Waals surface area contributed by atoms with Gasteiger partial charge in [-0.2, -0.15) is 0 Å². The zero-order valence-corrected chi connectivity index (χ0v) is 14.8. The van der Waals surface area contributed by atoms with Crippen LogP contribution in [0, 0.1) is 5.92 Å². The van der Waals surface area contributed by atoms with Crippen molar-refractivity contribution in [2.24, 2.45) is 5.92 Å². The summed E-state index contributed by atoms with van der Waals surface area (Å²) in [4.78, 5) is 16.3. The van der Waals surface area contributed by atoms with Crippen molar-refractivity contribution in [3.05, 3.63) is 48.0 Å². The lowest BCUT2D eigenvalue weighted by Gasteiger charge is -2.25. The molecule has 1 amide bonds. The van der Waals surface area contributed by atoms with Crippen molar-refractivity contribution in [3.63, 3.8) is 0 Å². The van der Waals surface area contributed by atoms with Crippen molar-refractivity contribution < 1.29 is 18.7 Å². The quantitative estimate of drug-likeness (QED) is 0.849. The lowest BCUT2D eigenvalue weighted by Crippen LogP contribution is -2.23. The van der Waals surface area contributed by atoms with Gasteiger partial charge >= 0.3 is 6.01 Å². The van der Waals surface area contributed by atoms with Gasteiger partial charge in [-0.1, -0.05) is 12.0 Å². The Morgan fingerprint density at radius 3 is 2.69 bits per heavy atom. The smallest absolute Gasteiger partial charge is 0.322 e. The highest BCUT2D eigenvalue weighted by atomic mass is 16.5. The van der Waals surface area contributed by atoms with Gasteiger partial charge in [-0.3, -0.25) is 15.1 Å². The average molecular weight is 356 g/mol. The van der Waals surface area contributed by atoms with Crippen molar-refractivity contribution >= 4 is 11.9 Å². The van der Waals surface area contributed by atoms with Crippen molar-refractivity contribution in [2.75, 3.05) is 19.5 Å². The van der Waals surface area contributed by atoms with Crippen LogP contribution in [0.1, 0.15) is 13.3 Å². The number of carbonyl (C=O) groups is 1. The van der Waals surface area contributed by atoms with E-state index in [1.807, 2.05) is 19.1 Å². The number of amides is 1. The number of allylic oxidation sites excluding steroid dienone is 1. The molecule has 1 N–H and O–H groups in total. The van der Waals surface area contributed by atoms with E-state index in [0.29, 0.717) is 11.6 Å². The largest absolute Gasteiger partial charge is 0.497 e. The summed E-state index contributed by atoms with van der Waals surface area (Å²) in [6.07, 6.45) is 7.11. The Hall–Kier alpha value is -3.00. The molecule has 2 heterocycles. The highest BCUT2D eigenvalue weighted by Crippen LogP contribution is 2.28. The Bertz CT molecular complexity index is 829. The van der Waals surface area contributed by atoms with Gasteiger partial charge in [0.2, 0.25) is 11.8 Å². The fraction of sp³-hybridized carbons (Fsp3) is 0.333. The molecule has 2 aromatic heterocycles. The minimum Gasteiger partial charge on any atom is -0.497 e. The minimum absolute atomic E-state index is 0.0397. The normalized spacial score (nSPS) is 19.5. The summed E-state index contributed by atoms with van der Waals surface area (Å²) in [6, 6.07) is 3.53. The van der Waals surface area contributed by atoms with Crippen LogP contribution < -0.4 is 5.32 Å². The molecule has 8 heteroatoms. The molecule has 1 aliphatic carbocycles. The number of hydrogen-bond acceptors (Lipinski definition) is 7. The molecule has 8 nitrogen and oxygen atoms in total. The van der Waals surface area contributed by atoms with Crippen LogP contribution in [-0.4, -0.2) is 41.4 Å². The number of nitrogens with zero attached hydrogens (tertiary/aromatic N) is 3. The predicted octanol–water partition coefficient (Wildman–Crippen LogP) is 2.58. The molecular formula is C18H20N4O4. The van der Waals surface area contributed by atoms with Gasteiger partial charge in [0.25, 0.3) is 0 Å². The standard InChI is InChI=1S/C18H20N4O4/c1-11-8-15(25-3)13(9-14(11)24-2)10-16(23)20-18-22-21-17(26-18)12-4-6-19-7-5-12/h4-9,11,14H,10H2,1-3H3,(H,20,22,23). The van der Waals surface area contributed by atoms with Gasteiger partial charge < -0.3 is 13.9 Å². The van der Waals surface area contributed by atoms with E-state index in [1.54, 1.807) is 38.7 Å². The molecule has 2 aromatic rings.